The molecule has 0 spiro atoms. The SMILES string of the molecule is Cc1csc(NCc2cc(N(C)C)c3c(c2O)C(O)=C2C(=O)C4(O)C(O)=C(C(N)=O)C(=O)CC4CC2C3)n1. The molecule has 5 rings (SSSR count). The molecule has 38 heavy (non-hydrogen) atoms. The Bertz CT molecular complexity index is 1470. The molecule has 12 heteroatoms. The molecule has 1 saturated carbocycles. The average molecular weight is 541 g/mol. The van der Waals surface area contributed by atoms with Gasteiger partial charge < -0.3 is 36.4 Å². The maximum Gasteiger partial charge on any atom is 0.255 e. The summed E-state index contributed by atoms with van der Waals surface area (Å²) in [6.07, 6.45) is -0.0211. The van der Waals surface area contributed by atoms with E-state index < -0.39 is 52.0 Å². The van der Waals surface area contributed by atoms with Crippen molar-refractivity contribution in [3.05, 3.63) is 50.7 Å². The Kier molecular flexibility index (Phi) is 5.99. The van der Waals surface area contributed by atoms with E-state index in [0.29, 0.717) is 16.3 Å². The lowest BCUT2D eigenvalue weighted by molar-refractivity contribution is -0.147. The monoisotopic (exact) mass is 540 g/mol. The number of aromatic nitrogens is 1. The summed E-state index contributed by atoms with van der Waals surface area (Å²) >= 11 is 1.41. The number of hydrogen-bond donors (Lipinski definition) is 6. The minimum Gasteiger partial charge on any atom is -0.508 e. The molecule has 3 aliphatic rings. The number of nitrogens with two attached hydrogens (primary N) is 1. The number of nitrogens with zero attached hydrogens (tertiary/aromatic N) is 2. The zero-order valence-corrected chi connectivity index (χ0v) is 21.8. The van der Waals surface area contributed by atoms with Crippen molar-refractivity contribution in [1.29, 1.82) is 0 Å². The van der Waals surface area contributed by atoms with Gasteiger partial charge in [0.05, 0.1) is 11.3 Å². The second-order valence-electron chi connectivity index (χ2n) is 10.2. The molecule has 0 bridgehead atoms. The molecular formula is C26H28N4O7S. The number of carbonyl (C=O) groups excluding carboxylic acids is 3. The second-order valence-corrected chi connectivity index (χ2v) is 11.1. The molecule has 1 amide bonds. The number of benzene rings is 1. The maximum absolute atomic E-state index is 13.7. The number of phenolic OH excluding ortho intramolecular Hbond substituents is 1. The molecule has 7 N–H and O–H groups in total. The zero-order valence-electron chi connectivity index (χ0n) is 21.0. The number of aliphatic hydroxyl groups excluding tert-OH is 2. The third-order valence-electron chi connectivity index (χ3n) is 7.65. The largest absolute Gasteiger partial charge is 0.508 e. The van der Waals surface area contributed by atoms with E-state index in [1.165, 1.54) is 11.3 Å². The first-order valence-electron chi connectivity index (χ1n) is 12.0. The van der Waals surface area contributed by atoms with Crippen LogP contribution in [-0.2, 0) is 27.3 Å². The van der Waals surface area contributed by atoms with Gasteiger partial charge >= 0.3 is 0 Å². The summed E-state index contributed by atoms with van der Waals surface area (Å²) in [6.45, 7) is 2.05. The number of nitrogens with one attached hydrogen (secondary N) is 1. The number of primary amides is 1. The van der Waals surface area contributed by atoms with Crippen LogP contribution in [0.15, 0.2) is 28.4 Å². The number of rotatable bonds is 5. The smallest absolute Gasteiger partial charge is 0.255 e. The summed E-state index contributed by atoms with van der Waals surface area (Å²) in [4.78, 5) is 44.2. The van der Waals surface area contributed by atoms with Crippen LogP contribution in [0.5, 0.6) is 5.75 Å². The molecule has 1 heterocycles. The zero-order chi connectivity index (χ0) is 27.7. The molecule has 3 aliphatic carbocycles. The van der Waals surface area contributed by atoms with Crippen molar-refractivity contribution in [2.24, 2.45) is 17.6 Å². The minimum atomic E-state index is -2.59. The number of aryl methyl sites for hydroxylation is 1. The van der Waals surface area contributed by atoms with E-state index in [1.807, 2.05) is 31.3 Å². The van der Waals surface area contributed by atoms with Crippen molar-refractivity contribution in [2.75, 3.05) is 24.3 Å². The summed E-state index contributed by atoms with van der Waals surface area (Å²) in [5.74, 6) is -6.42. The van der Waals surface area contributed by atoms with Crippen LogP contribution in [0.25, 0.3) is 5.76 Å². The molecule has 1 aromatic heterocycles. The van der Waals surface area contributed by atoms with E-state index >= 15 is 0 Å². The highest BCUT2D eigenvalue weighted by Gasteiger charge is 2.60. The Labute approximate surface area is 221 Å². The van der Waals surface area contributed by atoms with Crippen LogP contribution in [0.1, 0.15) is 35.2 Å². The Morgan fingerprint density at radius 2 is 1.97 bits per heavy atom. The summed E-state index contributed by atoms with van der Waals surface area (Å²) < 4.78 is 0. The van der Waals surface area contributed by atoms with Crippen LogP contribution in [0.3, 0.4) is 0 Å². The van der Waals surface area contributed by atoms with Gasteiger partial charge in [0.15, 0.2) is 16.5 Å². The minimum absolute atomic E-state index is 0.0652. The second kappa shape index (κ2) is 8.84. The highest BCUT2D eigenvalue weighted by atomic mass is 32.1. The number of thiazole rings is 1. The number of anilines is 2. The lowest BCUT2D eigenvalue weighted by Crippen LogP contribution is -2.58. The predicted molar refractivity (Wildman–Crippen MR) is 140 cm³/mol. The molecule has 2 aromatic rings. The summed E-state index contributed by atoms with van der Waals surface area (Å²) in [6, 6.07) is 1.80. The number of ketones is 2. The van der Waals surface area contributed by atoms with E-state index in [9.17, 15) is 34.8 Å². The van der Waals surface area contributed by atoms with Crippen LogP contribution < -0.4 is 16.0 Å². The van der Waals surface area contributed by atoms with Gasteiger partial charge in [0.25, 0.3) is 5.91 Å². The maximum atomic E-state index is 13.7. The van der Waals surface area contributed by atoms with Crippen LogP contribution in [0.2, 0.25) is 0 Å². The lowest BCUT2D eigenvalue weighted by atomic mass is 9.59. The fourth-order valence-corrected chi connectivity index (χ4v) is 6.55. The number of aromatic hydroxyl groups is 1. The van der Waals surface area contributed by atoms with Crippen molar-refractivity contribution in [3.8, 4) is 5.75 Å². The Morgan fingerprint density at radius 3 is 2.58 bits per heavy atom. The number of hydrogen-bond acceptors (Lipinski definition) is 11. The molecule has 0 aliphatic heterocycles. The van der Waals surface area contributed by atoms with Gasteiger partial charge in [0.1, 0.15) is 22.8 Å². The van der Waals surface area contributed by atoms with Gasteiger partial charge in [0, 0.05) is 55.2 Å². The summed E-state index contributed by atoms with van der Waals surface area (Å²) in [5.41, 5.74) is 4.39. The standard InChI is InChI=1S/C26H28N4O7S/c1-10-9-38-25(29-10)28-8-12-6-15(30(2)3)14-5-11-4-13-7-16(31)19(24(27)36)23(35)26(13,37)22(34)17(11)21(33)18(14)20(12)32/h6,9,11,13,32-33,35,37H,4-5,7-8H2,1-3H3,(H2,27,36)(H,28,29). The number of phenols is 1. The van der Waals surface area contributed by atoms with Crippen molar-refractivity contribution in [2.45, 2.75) is 38.3 Å². The first kappa shape index (κ1) is 25.7. The van der Waals surface area contributed by atoms with Gasteiger partial charge in [0.2, 0.25) is 5.78 Å². The number of carbonyl (C=O) groups is 3. The Morgan fingerprint density at radius 1 is 1.26 bits per heavy atom. The van der Waals surface area contributed by atoms with E-state index in [-0.39, 0.29) is 42.7 Å². The van der Waals surface area contributed by atoms with Gasteiger partial charge in [-0.15, -0.1) is 11.3 Å². The van der Waals surface area contributed by atoms with Crippen LogP contribution in [0, 0.1) is 18.8 Å². The molecule has 1 fully saturated rings. The van der Waals surface area contributed by atoms with Gasteiger partial charge in [-0.1, -0.05) is 0 Å². The van der Waals surface area contributed by atoms with Gasteiger partial charge in [-0.3, -0.25) is 14.4 Å². The first-order chi connectivity index (χ1) is 17.9. The Balaban J connectivity index is 1.64. The van der Waals surface area contributed by atoms with Gasteiger partial charge in [-0.25, -0.2) is 4.98 Å². The third-order valence-corrected chi connectivity index (χ3v) is 8.57. The Hall–Kier alpha value is -3.90. The normalized spacial score (nSPS) is 24.6. The number of fused-ring (bicyclic) bond motifs is 3. The molecule has 3 unspecified atom stereocenters. The van der Waals surface area contributed by atoms with Crippen molar-refractivity contribution in [3.63, 3.8) is 0 Å². The molecule has 1 aromatic carbocycles. The molecule has 200 valence electrons. The molecular weight excluding hydrogens is 512 g/mol. The molecule has 11 nitrogen and oxygen atoms in total. The van der Waals surface area contributed by atoms with Crippen molar-refractivity contribution < 1.29 is 34.8 Å². The van der Waals surface area contributed by atoms with Crippen LogP contribution >= 0.6 is 11.3 Å². The third kappa shape index (κ3) is 3.66. The summed E-state index contributed by atoms with van der Waals surface area (Å²) in [5, 5.41) is 50.5. The molecule has 0 saturated heterocycles. The predicted octanol–water partition coefficient (Wildman–Crippen LogP) is 1.87. The molecule has 0 radical (unpaired) electrons. The number of Topliss-reactive ketones (excluding diaryl/α,β-unsaturated/α-hetero) is 2. The quantitative estimate of drug-likeness (QED) is 0.306. The summed E-state index contributed by atoms with van der Waals surface area (Å²) in [7, 11) is 3.65. The average Bonchev–Trinajstić information content (AvgIpc) is 3.25. The topological polar surface area (TPSA) is 186 Å². The van der Waals surface area contributed by atoms with E-state index in [4.69, 9.17) is 5.73 Å². The number of amides is 1. The highest BCUT2D eigenvalue weighted by molar-refractivity contribution is 7.13. The molecule has 3 atom stereocenters. The fraction of sp³-hybridized carbons (Fsp3) is 0.385. The van der Waals surface area contributed by atoms with E-state index in [1.54, 1.807) is 6.07 Å². The fourth-order valence-electron chi connectivity index (χ4n) is 5.86. The van der Waals surface area contributed by atoms with Gasteiger partial charge in [-0.05, 0) is 37.3 Å². The van der Waals surface area contributed by atoms with Crippen molar-refractivity contribution >= 4 is 45.4 Å². The van der Waals surface area contributed by atoms with E-state index in [2.05, 4.69) is 10.3 Å². The highest BCUT2D eigenvalue weighted by Crippen LogP contribution is 2.53. The van der Waals surface area contributed by atoms with Gasteiger partial charge in [-0.2, -0.15) is 0 Å². The first-order valence-corrected chi connectivity index (χ1v) is 12.9. The van der Waals surface area contributed by atoms with Crippen LogP contribution in [-0.4, -0.2) is 62.6 Å². The van der Waals surface area contributed by atoms with Crippen LogP contribution in [0.4, 0.5) is 10.8 Å². The lowest BCUT2D eigenvalue weighted by Gasteiger charge is -2.46. The van der Waals surface area contributed by atoms with Crippen molar-refractivity contribution in [1.82, 2.24) is 4.98 Å². The number of aliphatic hydroxyl groups is 3. The van der Waals surface area contributed by atoms with E-state index in [0.717, 1.165) is 11.4 Å².